The third-order valence-electron chi connectivity index (χ3n) is 3.29. The Morgan fingerprint density at radius 1 is 1.40 bits per heavy atom. The predicted molar refractivity (Wildman–Crippen MR) is 70.7 cm³/mol. The third kappa shape index (κ3) is 3.71. The minimum atomic E-state index is 0.211. The predicted octanol–water partition coefficient (Wildman–Crippen LogP) is 3.42. The van der Waals surface area contributed by atoms with Crippen molar-refractivity contribution in [3.05, 3.63) is 0 Å². The van der Waals surface area contributed by atoms with E-state index in [0.29, 0.717) is 11.3 Å². The molecule has 1 N–H and O–H groups in total. The van der Waals surface area contributed by atoms with Gasteiger partial charge < -0.3 is 5.32 Å². The Kier molecular flexibility index (Phi) is 4.50. The Balaban J connectivity index is 2.64. The number of amidine groups is 1. The molecule has 15 heavy (non-hydrogen) atoms. The van der Waals surface area contributed by atoms with E-state index >= 15 is 0 Å². The molecule has 0 aliphatic carbocycles. The fourth-order valence-electron chi connectivity index (χ4n) is 1.75. The largest absolute Gasteiger partial charge is 0.360 e. The lowest BCUT2D eigenvalue weighted by Crippen LogP contribution is -2.45. The van der Waals surface area contributed by atoms with Crippen LogP contribution in [0.4, 0.5) is 0 Å². The van der Waals surface area contributed by atoms with Crippen LogP contribution in [0.5, 0.6) is 0 Å². The van der Waals surface area contributed by atoms with Crippen molar-refractivity contribution in [3.8, 4) is 0 Å². The highest BCUT2D eigenvalue weighted by Gasteiger charge is 2.25. The molecule has 2 nitrogen and oxygen atoms in total. The zero-order valence-corrected chi connectivity index (χ0v) is 11.4. The van der Waals surface area contributed by atoms with Crippen molar-refractivity contribution in [1.82, 2.24) is 5.32 Å². The highest BCUT2D eigenvalue weighted by Crippen LogP contribution is 2.26. The van der Waals surface area contributed by atoms with E-state index in [4.69, 9.17) is 0 Å². The summed E-state index contributed by atoms with van der Waals surface area (Å²) in [6.07, 6.45) is 3.49. The average molecular weight is 228 g/mol. The lowest BCUT2D eigenvalue weighted by molar-refractivity contribution is 0.390. The van der Waals surface area contributed by atoms with Crippen LogP contribution in [-0.2, 0) is 0 Å². The Bertz CT molecular complexity index is 234. The van der Waals surface area contributed by atoms with Crippen LogP contribution in [0.15, 0.2) is 4.99 Å². The molecule has 2 atom stereocenters. The Morgan fingerprint density at radius 3 is 2.47 bits per heavy atom. The molecule has 0 radical (unpaired) electrons. The number of hydrogen-bond acceptors (Lipinski definition) is 3. The molecule has 1 rings (SSSR count). The van der Waals surface area contributed by atoms with E-state index in [-0.39, 0.29) is 5.54 Å². The Morgan fingerprint density at radius 2 is 2.00 bits per heavy atom. The van der Waals surface area contributed by atoms with Crippen molar-refractivity contribution >= 4 is 16.9 Å². The molecular weight excluding hydrogens is 204 g/mol. The van der Waals surface area contributed by atoms with Crippen LogP contribution in [0.1, 0.15) is 53.9 Å². The van der Waals surface area contributed by atoms with Gasteiger partial charge in [-0.05, 0) is 33.1 Å². The molecule has 88 valence electrons. The molecule has 0 saturated heterocycles. The lowest BCUT2D eigenvalue weighted by atomic mass is 9.96. The maximum atomic E-state index is 4.68. The molecule has 0 aromatic heterocycles. The standard InChI is InChI=1S/C12H24N2S/c1-6-12(5,7-2)14-11-13-9(3)8-10(4)15-11/h9-10H,6-8H2,1-5H3,(H,13,14). The molecule has 1 heterocycles. The lowest BCUT2D eigenvalue weighted by Gasteiger charge is -2.33. The van der Waals surface area contributed by atoms with Crippen LogP contribution < -0.4 is 5.32 Å². The summed E-state index contributed by atoms with van der Waals surface area (Å²) in [5.74, 6) is 0. The van der Waals surface area contributed by atoms with Gasteiger partial charge in [-0.2, -0.15) is 0 Å². The second-order valence-electron chi connectivity index (χ2n) is 4.84. The summed E-state index contributed by atoms with van der Waals surface area (Å²) in [4.78, 5) is 4.68. The van der Waals surface area contributed by atoms with Crippen LogP contribution >= 0.6 is 11.8 Å². The summed E-state index contributed by atoms with van der Waals surface area (Å²) < 4.78 is 0. The molecule has 1 aliphatic heterocycles. The second kappa shape index (κ2) is 5.24. The zero-order chi connectivity index (χ0) is 11.5. The first-order valence-corrected chi connectivity index (χ1v) is 6.89. The van der Waals surface area contributed by atoms with E-state index in [1.165, 1.54) is 6.42 Å². The molecule has 2 unspecified atom stereocenters. The number of hydrogen-bond donors (Lipinski definition) is 1. The van der Waals surface area contributed by atoms with E-state index in [2.05, 4.69) is 44.9 Å². The smallest absolute Gasteiger partial charge is 0.157 e. The maximum absolute atomic E-state index is 4.68. The summed E-state index contributed by atoms with van der Waals surface area (Å²) in [6.45, 7) is 11.2. The quantitative estimate of drug-likeness (QED) is 0.800. The fourth-order valence-corrected chi connectivity index (χ4v) is 3.05. The van der Waals surface area contributed by atoms with Gasteiger partial charge in [0.25, 0.3) is 0 Å². The molecule has 0 bridgehead atoms. The molecule has 3 heteroatoms. The number of nitrogens with one attached hydrogen (secondary N) is 1. The van der Waals surface area contributed by atoms with Crippen molar-refractivity contribution < 1.29 is 0 Å². The molecule has 0 fully saturated rings. The maximum Gasteiger partial charge on any atom is 0.157 e. The van der Waals surface area contributed by atoms with Gasteiger partial charge in [0.2, 0.25) is 0 Å². The van der Waals surface area contributed by atoms with Crippen LogP contribution in [0.25, 0.3) is 0 Å². The van der Waals surface area contributed by atoms with Crippen LogP contribution in [0.3, 0.4) is 0 Å². The zero-order valence-electron chi connectivity index (χ0n) is 10.6. The number of nitrogens with zero attached hydrogens (tertiary/aromatic N) is 1. The molecule has 0 aromatic carbocycles. The first-order valence-electron chi connectivity index (χ1n) is 6.01. The third-order valence-corrected chi connectivity index (χ3v) is 4.32. The van der Waals surface area contributed by atoms with E-state index < -0.39 is 0 Å². The normalized spacial score (nSPS) is 27.4. The van der Waals surface area contributed by atoms with Gasteiger partial charge in [0, 0.05) is 10.8 Å². The van der Waals surface area contributed by atoms with Crippen LogP contribution in [0, 0.1) is 0 Å². The van der Waals surface area contributed by atoms with Crippen LogP contribution in [0.2, 0.25) is 0 Å². The van der Waals surface area contributed by atoms with Gasteiger partial charge in [0.05, 0.1) is 6.04 Å². The van der Waals surface area contributed by atoms with Crippen molar-refractivity contribution in [1.29, 1.82) is 0 Å². The molecular formula is C12H24N2S. The molecule has 0 amide bonds. The second-order valence-corrected chi connectivity index (χ2v) is 6.27. The SMILES string of the molecule is CCC(C)(CC)NC1=NC(C)CC(C)S1. The molecule has 0 aromatic rings. The minimum Gasteiger partial charge on any atom is -0.360 e. The number of aliphatic imine (C=N–C) groups is 1. The number of rotatable bonds is 3. The molecule has 0 spiro atoms. The minimum absolute atomic E-state index is 0.211. The Hall–Kier alpha value is -0.180. The van der Waals surface area contributed by atoms with E-state index in [9.17, 15) is 0 Å². The monoisotopic (exact) mass is 228 g/mol. The van der Waals surface area contributed by atoms with Gasteiger partial charge in [-0.3, -0.25) is 4.99 Å². The summed E-state index contributed by atoms with van der Waals surface area (Å²) in [5, 5.41) is 5.44. The first kappa shape index (κ1) is 12.9. The fraction of sp³-hybridized carbons (Fsp3) is 0.917. The average Bonchev–Trinajstić information content (AvgIpc) is 2.16. The van der Waals surface area contributed by atoms with Crippen molar-refractivity contribution in [3.63, 3.8) is 0 Å². The Labute approximate surface area is 98.3 Å². The van der Waals surface area contributed by atoms with Crippen LogP contribution in [-0.4, -0.2) is 22.0 Å². The van der Waals surface area contributed by atoms with Gasteiger partial charge in [-0.15, -0.1) is 0 Å². The van der Waals surface area contributed by atoms with E-state index in [1.807, 2.05) is 11.8 Å². The van der Waals surface area contributed by atoms with E-state index in [1.54, 1.807) is 0 Å². The summed E-state index contributed by atoms with van der Waals surface area (Å²) >= 11 is 1.89. The molecule has 0 saturated carbocycles. The van der Waals surface area contributed by atoms with Crippen molar-refractivity contribution in [2.45, 2.75) is 70.7 Å². The van der Waals surface area contributed by atoms with Gasteiger partial charge in [-0.25, -0.2) is 0 Å². The number of thioether (sulfide) groups is 1. The topological polar surface area (TPSA) is 24.4 Å². The van der Waals surface area contributed by atoms with E-state index in [0.717, 1.165) is 18.0 Å². The van der Waals surface area contributed by atoms with Crippen molar-refractivity contribution in [2.75, 3.05) is 0 Å². The van der Waals surface area contributed by atoms with Gasteiger partial charge in [0.1, 0.15) is 0 Å². The van der Waals surface area contributed by atoms with Gasteiger partial charge >= 0.3 is 0 Å². The summed E-state index contributed by atoms with van der Waals surface area (Å²) in [7, 11) is 0. The highest BCUT2D eigenvalue weighted by atomic mass is 32.2. The summed E-state index contributed by atoms with van der Waals surface area (Å²) in [5.41, 5.74) is 0.211. The first-order chi connectivity index (χ1) is 6.99. The van der Waals surface area contributed by atoms with Crippen molar-refractivity contribution in [2.24, 2.45) is 4.99 Å². The van der Waals surface area contributed by atoms with Gasteiger partial charge in [-0.1, -0.05) is 32.5 Å². The summed E-state index contributed by atoms with van der Waals surface area (Å²) in [6, 6.07) is 0.474. The van der Waals surface area contributed by atoms with Gasteiger partial charge in [0.15, 0.2) is 5.17 Å². The highest BCUT2D eigenvalue weighted by molar-refractivity contribution is 8.14. The molecule has 1 aliphatic rings.